The average Bonchev–Trinajstić information content (AvgIpc) is 2.67. The van der Waals surface area contributed by atoms with Crippen molar-refractivity contribution < 1.29 is 14.7 Å². The zero-order valence-electron chi connectivity index (χ0n) is 10.2. The Kier molecular flexibility index (Phi) is 3.66. The van der Waals surface area contributed by atoms with Crippen molar-refractivity contribution in [1.82, 2.24) is 10.2 Å². The van der Waals surface area contributed by atoms with E-state index in [0.717, 1.165) is 12.8 Å². The second-order valence-corrected chi connectivity index (χ2v) is 5.16. The summed E-state index contributed by atoms with van der Waals surface area (Å²) in [7, 11) is 0. The van der Waals surface area contributed by atoms with Crippen molar-refractivity contribution in [2.24, 2.45) is 5.92 Å². The summed E-state index contributed by atoms with van der Waals surface area (Å²) < 4.78 is 0. The fourth-order valence-corrected chi connectivity index (χ4v) is 2.54. The monoisotopic (exact) mass is 240 g/mol. The van der Waals surface area contributed by atoms with Crippen molar-refractivity contribution in [3.8, 4) is 0 Å². The summed E-state index contributed by atoms with van der Waals surface area (Å²) in [5.41, 5.74) is 0. The minimum atomic E-state index is -0.760. The van der Waals surface area contributed by atoms with Gasteiger partial charge in [-0.25, -0.2) is 0 Å². The zero-order chi connectivity index (χ0) is 12.4. The van der Waals surface area contributed by atoms with E-state index < -0.39 is 5.97 Å². The quantitative estimate of drug-likeness (QED) is 0.748. The van der Waals surface area contributed by atoms with E-state index in [-0.39, 0.29) is 17.9 Å². The molecule has 0 radical (unpaired) electrons. The lowest BCUT2D eigenvalue weighted by atomic mass is 9.98. The molecular weight excluding hydrogens is 220 g/mol. The first-order chi connectivity index (χ1) is 8.08. The van der Waals surface area contributed by atoms with Crippen molar-refractivity contribution in [2.45, 2.75) is 44.7 Å². The third-order valence-electron chi connectivity index (χ3n) is 3.89. The van der Waals surface area contributed by atoms with Crippen LogP contribution in [0.25, 0.3) is 0 Å². The maximum atomic E-state index is 11.9. The van der Waals surface area contributed by atoms with Crippen LogP contribution in [-0.2, 0) is 9.59 Å². The summed E-state index contributed by atoms with van der Waals surface area (Å²) in [4.78, 5) is 24.5. The molecule has 5 heteroatoms. The molecule has 1 saturated heterocycles. The lowest BCUT2D eigenvalue weighted by molar-refractivity contribution is -0.150. The number of hydrogen-bond donors (Lipinski definition) is 2. The number of carboxylic acid groups (broad SMARTS) is 1. The van der Waals surface area contributed by atoms with Gasteiger partial charge in [-0.1, -0.05) is 12.8 Å². The van der Waals surface area contributed by atoms with E-state index in [1.165, 1.54) is 12.8 Å². The summed E-state index contributed by atoms with van der Waals surface area (Å²) in [5.74, 6) is -1.01. The van der Waals surface area contributed by atoms with Gasteiger partial charge in [0.15, 0.2) is 0 Å². The van der Waals surface area contributed by atoms with E-state index in [0.29, 0.717) is 19.1 Å². The number of carbonyl (C=O) groups is 2. The van der Waals surface area contributed by atoms with Gasteiger partial charge in [0, 0.05) is 19.1 Å². The molecule has 1 heterocycles. The maximum absolute atomic E-state index is 11.9. The molecule has 1 unspecified atom stereocenters. The van der Waals surface area contributed by atoms with Gasteiger partial charge in [-0.2, -0.15) is 0 Å². The number of carbonyl (C=O) groups excluding carboxylic acids is 1. The lowest BCUT2D eigenvalue weighted by Crippen LogP contribution is -2.58. The number of nitrogens with one attached hydrogen (secondary N) is 1. The molecule has 96 valence electrons. The molecule has 1 saturated carbocycles. The van der Waals surface area contributed by atoms with E-state index in [1.54, 1.807) is 0 Å². The Morgan fingerprint density at radius 3 is 2.41 bits per heavy atom. The fourth-order valence-electron chi connectivity index (χ4n) is 2.54. The highest BCUT2D eigenvalue weighted by Gasteiger charge is 2.37. The minimum Gasteiger partial charge on any atom is -0.481 e. The number of amides is 1. The first-order valence-electron chi connectivity index (χ1n) is 6.35. The van der Waals surface area contributed by atoms with E-state index in [4.69, 9.17) is 5.11 Å². The van der Waals surface area contributed by atoms with Crippen LogP contribution in [0.15, 0.2) is 0 Å². The van der Waals surface area contributed by atoms with Crippen LogP contribution >= 0.6 is 0 Å². The predicted octanol–water partition coefficient (Wildman–Crippen LogP) is 0.450. The number of hydrogen-bond acceptors (Lipinski definition) is 3. The van der Waals surface area contributed by atoms with Crippen LogP contribution in [0.1, 0.15) is 32.6 Å². The first kappa shape index (κ1) is 12.4. The van der Waals surface area contributed by atoms with Crippen molar-refractivity contribution in [3.63, 3.8) is 0 Å². The Bertz CT molecular complexity index is 307. The first-order valence-corrected chi connectivity index (χ1v) is 6.35. The van der Waals surface area contributed by atoms with Crippen LogP contribution in [-0.4, -0.2) is 47.1 Å². The van der Waals surface area contributed by atoms with E-state index in [9.17, 15) is 9.59 Å². The molecule has 1 aliphatic carbocycles. The van der Waals surface area contributed by atoms with Crippen LogP contribution in [0.4, 0.5) is 0 Å². The third-order valence-corrected chi connectivity index (χ3v) is 3.89. The van der Waals surface area contributed by atoms with Gasteiger partial charge in [0.05, 0.1) is 12.0 Å². The molecule has 2 fully saturated rings. The highest BCUT2D eigenvalue weighted by atomic mass is 16.4. The molecule has 2 aliphatic rings. The summed E-state index contributed by atoms with van der Waals surface area (Å²) in [6, 6.07) is 0.132. The van der Waals surface area contributed by atoms with Gasteiger partial charge < -0.3 is 10.4 Å². The van der Waals surface area contributed by atoms with Gasteiger partial charge in [0.2, 0.25) is 5.91 Å². The molecular formula is C12H20N2O3. The topological polar surface area (TPSA) is 69.6 Å². The smallest absolute Gasteiger partial charge is 0.309 e. The number of rotatable bonds is 4. The van der Waals surface area contributed by atoms with Crippen LogP contribution < -0.4 is 5.32 Å². The molecule has 1 aliphatic heterocycles. The predicted molar refractivity (Wildman–Crippen MR) is 62.6 cm³/mol. The van der Waals surface area contributed by atoms with Crippen molar-refractivity contribution in [1.29, 1.82) is 0 Å². The number of nitrogens with zero attached hydrogens (tertiary/aromatic N) is 1. The molecule has 0 bridgehead atoms. The molecule has 0 spiro atoms. The summed E-state index contributed by atoms with van der Waals surface area (Å²) in [6.07, 6.45) is 4.56. The molecule has 1 amide bonds. The zero-order valence-corrected chi connectivity index (χ0v) is 10.2. The second-order valence-electron chi connectivity index (χ2n) is 5.16. The van der Waals surface area contributed by atoms with Crippen LogP contribution in [0.5, 0.6) is 0 Å². The molecule has 17 heavy (non-hydrogen) atoms. The Morgan fingerprint density at radius 1 is 1.29 bits per heavy atom. The van der Waals surface area contributed by atoms with E-state index in [1.807, 2.05) is 11.8 Å². The molecule has 2 rings (SSSR count). The molecule has 5 nitrogen and oxygen atoms in total. The van der Waals surface area contributed by atoms with Gasteiger partial charge >= 0.3 is 5.97 Å². The Morgan fingerprint density at radius 2 is 1.88 bits per heavy atom. The Balaban J connectivity index is 1.74. The van der Waals surface area contributed by atoms with E-state index >= 15 is 0 Å². The molecule has 0 aromatic heterocycles. The van der Waals surface area contributed by atoms with Crippen LogP contribution in [0.2, 0.25) is 0 Å². The third kappa shape index (κ3) is 2.77. The number of carboxylic acids is 1. The lowest BCUT2D eigenvalue weighted by Gasteiger charge is -2.40. The van der Waals surface area contributed by atoms with Crippen LogP contribution in [0.3, 0.4) is 0 Å². The Labute approximate surface area is 101 Å². The molecule has 2 N–H and O–H groups in total. The van der Waals surface area contributed by atoms with Crippen molar-refractivity contribution in [3.05, 3.63) is 0 Å². The Hall–Kier alpha value is -1.10. The summed E-state index contributed by atoms with van der Waals surface area (Å²) in [5, 5.41) is 11.8. The van der Waals surface area contributed by atoms with Gasteiger partial charge in [-0.15, -0.1) is 0 Å². The standard InChI is InChI=1S/C12H20N2O3/c1-8(14-6-9(7-14)12(16)17)11(15)13-10-4-2-3-5-10/h8-10H,2-7H2,1H3,(H,13,15)(H,16,17). The largest absolute Gasteiger partial charge is 0.481 e. The highest BCUT2D eigenvalue weighted by Crippen LogP contribution is 2.21. The number of aliphatic carboxylic acids is 1. The van der Waals surface area contributed by atoms with Gasteiger partial charge in [0.25, 0.3) is 0 Å². The highest BCUT2D eigenvalue weighted by molar-refractivity contribution is 5.82. The van der Waals surface area contributed by atoms with Crippen molar-refractivity contribution >= 4 is 11.9 Å². The molecule has 1 atom stereocenters. The minimum absolute atomic E-state index is 0.0424. The summed E-state index contributed by atoms with van der Waals surface area (Å²) >= 11 is 0. The molecule has 0 aromatic carbocycles. The average molecular weight is 240 g/mol. The van der Waals surface area contributed by atoms with Crippen molar-refractivity contribution in [2.75, 3.05) is 13.1 Å². The SMILES string of the molecule is CC(C(=O)NC1CCCC1)N1CC(C(=O)O)C1. The van der Waals surface area contributed by atoms with Gasteiger partial charge in [0.1, 0.15) is 0 Å². The summed E-state index contributed by atoms with van der Waals surface area (Å²) in [6.45, 7) is 2.84. The fraction of sp³-hybridized carbons (Fsp3) is 0.833. The van der Waals surface area contributed by atoms with Crippen LogP contribution in [0, 0.1) is 5.92 Å². The normalized spacial score (nSPS) is 24.3. The van der Waals surface area contributed by atoms with E-state index in [2.05, 4.69) is 5.32 Å². The molecule has 0 aromatic rings. The van der Waals surface area contributed by atoms with Gasteiger partial charge in [-0.3, -0.25) is 14.5 Å². The maximum Gasteiger partial charge on any atom is 0.309 e. The van der Waals surface area contributed by atoms with Gasteiger partial charge in [-0.05, 0) is 19.8 Å². The second kappa shape index (κ2) is 5.04. The number of likely N-dealkylation sites (tertiary alicyclic amines) is 1.